The molecule has 8 heteroatoms. The molecule has 8 nitrogen and oxygen atoms in total. The number of aromatic amines is 1. The molecule has 0 spiro atoms. The predicted molar refractivity (Wildman–Crippen MR) is 91.2 cm³/mol. The van der Waals surface area contributed by atoms with E-state index in [0.717, 1.165) is 18.5 Å². The highest BCUT2D eigenvalue weighted by atomic mass is 16.3. The van der Waals surface area contributed by atoms with Gasteiger partial charge >= 0.3 is 0 Å². The maximum Gasteiger partial charge on any atom is 0.266 e. The van der Waals surface area contributed by atoms with Gasteiger partial charge < -0.3 is 15.0 Å². The summed E-state index contributed by atoms with van der Waals surface area (Å²) in [5.74, 6) is 0.0740. The SMILES string of the molecule is Cc1[nH]c(=O)c(C#N)cc1C(=O)N1CCn2nc([C@H](O)C3CC3)cc2C1. The minimum Gasteiger partial charge on any atom is -0.386 e. The number of nitrogens with zero attached hydrogens (tertiary/aromatic N) is 4. The van der Waals surface area contributed by atoms with Crippen molar-refractivity contribution in [2.24, 2.45) is 5.92 Å². The number of amides is 1. The minimum absolute atomic E-state index is 0.0733. The van der Waals surface area contributed by atoms with Gasteiger partial charge in [0.2, 0.25) is 0 Å². The number of hydrogen-bond donors (Lipinski definition) is 2. The van der Waals surface area contributed by atoms with Crippen molar-refractivity contribution in [3.63, 3.8) is 0 Å². The van der Waals surface area contributed by atoms with Crippen LogP contribution in [-0.4, -0.2) is 37.2 Å². The topological polar surface area (TPSA) is 115 Å². The Morgan fingerprint density at radius 2 is 2.19 bits per heavy atom. The highest BCUT2D eigenvalue weighted by Gasteiger charge is 2.34. The minimum atomic E-state index is -0.531. The first-order valence-electron chi connectivity index (χ1n) is 8.66. The largest absolute Gasteiger partial charge is 0.386 e. The van der Waals surface area contributed by atoms with Crippen molar-refractivity contribution in [2.75, 3.05) is 6.54 Å². The molecule has 0 radical (unpaired) electrons. The molecule has 134 valence electrons. The summed E-state index contributed by atoms with van der Waals surface area (Å²) < 4.78 is 1.84. The van der Waals surface area contributed by atoms with Crippen molar-refractivity contribution in [1.29, 1.82) is 5.26 Å². The third kappa shape index (κ3) is 2.80. The van der Waals surface area contributed by atoms with Crippen LogP contribution >= 0.6 is 0 Å². The van der Waals surface area contributed by atoms with Gasteiger partial charge in [0.1, 0.15) is 17.7 Å². The van der Waals surface area contributed by atoms with Crippen LogP contribution in [0, 0.1) is 24.2 Å². The standard InChI is InChI=1S/C18H19N5O3/c1-10-14(6-12(8-19)17(25)20-10)18(26)22-4-5-23-13(9-22)7-15(21-23)16(24)11-2-3-11/h6-7,11,16,24H,2-5,9H2,1H3,(H,20,25)/t16-/m1/s1. The number of aliphatic hydroxyl groups is 1. The molecule has 2 aromatic rings. The van der Waals surface area contributed by atoms with Crippen LogP contribution in [0.2, 0.25) is 0 Å². The van der Waals surface area contributed by atoms with Crippen LogP contribution < -0.4 is 5.56 Å². The molecule has 1 atom stereocenters. The second-order valence-corrected chi connectivity index (χ2v) is 6.96. The lowest BCUT2D eigenvalue weighted by molar-refractivity contribution is 0.0704. The van der Waals surface area contributed by atoms with Crippen molar-refractivity contribution in [2.45, 2.75) is 39.0 Å². The molecule has 0 bridgehead atoms. The van der Waals surface area contributed by atoms with Gasteiger partial charge in [-0.05, 0) is 37.8 Å². The van der Waals surface area contributed by atoms with E-state index in [1.54, 1.807) is 11.8 Å². The van der Waals surface area contributed by atoms with Gasteiger partial charge in [0.15, 0.2) is 0 Å². The van der Waals surface area contributed by atoms with E-state index in [2.05, 4.69) is 10.1 Å². The molecule has 1 fully saturated rings. The fraction of sp³-hybridized carbons (Fsp3) is 0.444. The lowest BCUT2D eigenvalue weighted by atomic mass is 10.1. The molecule has 2 N–H and O–H groups in total. The number of nitriles is 1. The number of H-pyrrole nitrogens is 1. The number of hydrogen-bond acceptors (Lipinski definition) is 5. The van der Waals surface area contributed by atoms with Crippen molar-refractivity contribution in [3.05, 3.63) is 50.7 Å². The molecule has 0 aromatic carbocycles. The molecule has 1 aliphatic heterocycles. The molecular formula is C18H19N5O3. The molecule has 2 aromatic heterocycles. The van der Waals surface area contributed by atoms with Crippen molar-refractivity contribution in [1.82, 2.24) is 19.7 Å². The van der Waals surface area contributed by atoms with E-state index in [9.17, 15) is 14.7 Å². The number of aromatic nitrogens is 3. The summed E-state index contributed by atoms with van der Waals surface area (Å²) in [6.45, 7) is 3.05. The lowest BCUT2D eigenvalue weighted by Crippen LogP contribution is -2.39. The normalized spacial score (nSPS) is 17.5. The summed E-state index contributed by atoms with van der Waals surface area (Å²) in [4.78, 5) is 28.8. The van der Waals surface area contributed by atoms with Gasteiger partial charge in [-0.15, -0.1) is 0 Å². The second-order valence-electron chi connectivity index (χ2n) is 6.96. The molecule has 4 rings (SSSR count). The fourth-order valence-electron chi connectivity index (χ4n) is 3.36. The van der Waals surface area contributed by atoms with Gasteiger partial charge in [-0.3, -0.25) is 14.3 Å². The molecule has 0 unspecified atom stereocenters. The number of rotatable bonds is 3. The van der Waals surface area contributed by atoms with E-state index in [1.165, 1.54) is 6.07 Å². The second kappa shape index (κ2) is 6.11. The van der Waals surface area contributed by atoms with Crippen LogP contribution in [-0.2, 0) is 13.1 Å². The number of aryl methyl sites for hydroxylation is 1. The van der Waals surface area contributed by atoms with E-state index < -0.39 is 11.7 Å². The zero-order valence-electron chi connectivity index (χ0n) is 14.4. The Morgan fingerprint density at radius 1 is 1.42 bits per heavy atom. The molecule has 26 heavy (non-hydrogen) atoms. The van der Waals surface area contributed by atoms with Gasteiger partial charge in [-0.25, -0.2) is 0 Å². The van der Waals surface area contributed by atoms with Crippen LogP contribution in [0.4, 0.5) is 0 Å². The Hall–Kier alpha value is -2.92. The first-order valence-corrected chi connectivity index (χ1v) is 8.66. The van der Waals surface area contributed by atoms with Crippen LogP contribution in [0.1, 0.15) is 51.9 Å². The van der Waals surface area contributed by atoms with Crippen molar-refractivity contribution in [3.8, 4) is 6.07 Å². The average Bonchev–Trinajstić information content (AvgIpc) is 3.39. The van der Waals surface area contributed by atoms with E-state index >= 15 is 0 Å². The van der Waals surface area contributed by atoms with Crippen LogP contribution in [0.25, 0.3) is 0 Å². The summed E-state index contributed by atoms with van der Waals surface area (Å²) in [7, 11) is 0. The Balaban J connectivity index is 1.58. The van der Waals surface area contributed by atoms with Gasteiger partial charge in [0, 0.05) is 12.2 Å². The number of nitrogens with one attached hydrogen (secondary N) is 1. The Labute approximate surface area is 149 Å². The zero-order valence-corrected chi connectivity index (χ0v) is 14.4. The zero-order chi connectivity index (χ0) is 18.4. The van der Waals surface area contributed by atoms with Crippen LogP contribution in [0.15, 0.2) is 16.9 Å². The summed E-state index contributed by atoms with van der Waals surface area (Å²) in [5.41, 5.74) is 1.76. The number of pyridine rings is 1. The van der Waals surface area contributed by atoms with E-state index in [4.69, 9.17) is 5.26 Å². The van der Waals surface area contributed by atoms with Crippen LogP contribution in [0.5, 0.6) is 0 Å². The number of fused-ring (bicyclic) bond motifs is 1. The molecule has 3 heterocycles. The summed E-state index contributed by atoms with van der Waals surface area (Å²) in [6, 6.07) is 5.03. The smallest absolute Gasteiger partial charge is 0.266 e. The number of aliphatic hydroxyl groups excluding tert-OH is 1. The van der Waals surface area contributed by atoms with E-state index in [-0.39, 0.29) is 11.5 Å². The Morgan fingerprint density at radius 3 is 2.88 bits per heavy atom. The van der Waals surface area contributed by atoms with Gasteiger partial charge in [-0.2, -0.15) is 10.4 Å². The monoisotopic (exact) mass is 353 g/mol. The Bertz CT molecular complexity index is 980. The van der Waals surface area contributed by atoms with Gasteiger partial charge in [-0.1, -0.05) is 0 Å². The van der Waals surface area contributed by atoms with E-state index in [0.29, 0.717) is 42.5 Å². The summed E-state index contributed by atoms with van der Waals surface area (Å²) in [5, 5.41) is 23.8. The lowest BCUT2D eigenvalue weighted by Gasteiger charge is -2.28. The molecule has 0 saturated heterocycles. The first-order chi connectivity index (χ1) is 12.5. The first kappa shape index (κ1) is 16.5. The highest BCUT2D eigenvalue weighted by molar-refractivity contribution is 5.95. The predicted octanol–water partition coefficient (Wildman–Crippen LogP) is 0.851. The highest BCUT2D eigenvalue weighted by Crippen LogP contribution is 2.40. The van der Waals surface area contributed by atoms with Gasteiger partial charge in [0.05, 0.1) is 30.0 Å². The molecule has 1 amide bonds. The van der Waals surface area contributed by atoms with E-state index in [1.807, 2.05) is 16.8 Å². The maximum absolute atomic E-state index is 12.9. The fourth-order valence-corrected chi connectivity index (χ4v) is 3.36. The quantitative estimate of drug-likeness (QED) is 0.849. The van der Waals surface area contributed by atoms with Crippen LogP contribution in [0.3, 0.4) is 0 Å². The third-order valence-electron chi connectivity index (χ3n) is 5.06. The number of carbonyl (C=O) groups excluding carboxylic acids is 1. The molecule has 1 aliphatic carbocycles. The van der Waals surface area contributed by atoms with Crippen molar-refractivity contribution < 1.29 is 9.90 Å². The maximum atomic E-state index is 12.9. The molecular weight excluding hydrogens is 334 g/mol. The average molecular weight is 353 g/mol. The molecule has 2 aliphatic rings. The van der Waals surface area contributed by atoms with Crippen molar-refractivity contribution >= 4 is 5.91 Å². The summed E-state index contributed by atoms with van der Waals surface area (Å²) >= 11 is 0. The summed E-state index contributed by atoms with van der Waals surface area (Å²) in [6.07, 6.45) is 1.53. The molecule has 1 saturated carbocycles. The number of carbonyl (C=O) groups is 1. The third-order valence-corrected chi connectivity index (χ3v) is 5.06. The van der Waals surface area contributed by atoms with Gasteiger partial charge in [0.25, 0.3) is 11.5 Å². The Kier molecular flexibility index (Phi) is 3.89.